The first-order chi connectivity index (χ1) is 11.4. The number of hydrogen-bond acceptors (Lipinski definition) is 3. The largest absolute Gasteiger partial charge is 0.356 e. The van der Waals surface area contributed by atoms with Crippen molar-refractivity contribution in [3.05, 3.63) is 0 Å². The van der Waals surface area contributed by atoms with Crippen LogP contribution in [-0.4, -0.2) is 74.5 Å². The Morgan fingerprint density at radius 1 is 1.33 bits per heavy atom. The second-order valence-corrected chi connectivity index (χ2v) is 7.22. The number of likely N-dealkylation sites (N-methyl/N-ethyl adjacent to an activating group) is 2. The van der Waals surface area contributed by atoms with Crippen LogP contribution in [0.2, 0.25) is 0 Å². The zero-order valence-corrected chi connectivity index (χ0v) is 16.3. The molecule has 1 fully saturated rings. The van der Waals surface area contributed by atoms with Crippen LogP contribution in [0.4, 0.5) is 0 Å². The zero-order valence-electron chi connectivity index (χ0n) is 16.3. The van der Waals surface area contributed by atoms with Crippen LogP contribution in [0, 0.1) is 5.92 Å². The van der Waals surface area contributed by atoms with Gasteiger partial charge in [0.2, 0.25) is 5.91 Å². The second kappa shape index (κ2) is 11.3. The number of nitrogens with zero attached hydrogens (tertiary/aromatic N) is 3. The summed E-state index contributed by atoms with van der Waals surface area (Å²) in [7, 11) is 3.53. The molecule has 1 aliphatic heterocycles. The molecule has 0 spiro atoms. The highest BCUT2D eigenvalue weighted by molar-refractivity contribution is 5.84. The standard InChI is InChI=1S/C18H37N5O/c1-6-23-12-8-10-16(23)13-20-18(19-11-7-9-15(2)3)21-14-17(24)22(4)5/h15-16H,6-14H2,1-5H3,(H2,19,20,21). The second-order valence-electron chi connectivity index (χ2n) is 7.22. The summed E-state index contributed by atoms with van der Waals surface area (Å²) < 4.78 is 0. The van der Waals surface area contributed by atoms with E-state index in [9.17, 15) is 4.79 Å². The highest BCUT2D eigenvalue weighted by Gasteiger charge is 2.22. The Bertz CT molecular complexity index is 395. The van der Waals surface area contributed by atoms with Crippen molar-refractivity contribution in [1.29, 1.82) is 0 Å². The minimum absolute atomic E-state index is 0.0225. The molecule has 1 rings (SSSR count). The highest BCUT2D eigenvalue weighted by atomic mass is 16.2. The Labute approximate surface area is 148 Å². The molecule has 0 saturated carbocycles. The molecule has 2 N–H and O–H groups in total. The van der Waals surface area contributed by atoms with Gasteiger partial charge in [-0.25, -0.2) is 4.99 Å². The van der Waals surface area contributed by atoms with Gasteiger partial charge in [-0.05, 0) is 44.7 Å². The molecular formula is C18H37N5O. The van der Waals surface area contributed by atoms with E-state index in [2.05, 4.69) is 41.3 Å². The van der Waals surface area contributed by atoms with Crippen molar-refractivity contribution in [3.63, 3.8) is 0 Å². The SMILES string of the molecule is CCN1CCCC1CNC(=NCC(=O)N(C)C)NCCCC(C)C. The summed E-state index contributed by atoms with van der Waals surface area (Å²) in [6.45, 7) is 10.9. The number of nitrogens with one attached hydrogen (secondary N) is 2. The lowest BCUT2D eigenvalue weighted by atomic mass is 10.1. The minimum Gasteiger partial charge on any atom is -0.356 e. The summed E-state index contributed by atoms with van der Waals surface area (Å²) in [5.74, 6) is 1.50. The normalized spacial score (nSPS) is 18.9. The number of carbonyl (C=O) groups is 1. The third-order valence-electron chi connectivity index (χ3n) is 4.53. The third-order valence-corrected chi connectivity index (χ3v) is 4.53. The third kappa shape index (κ3) is 7.99. The average Bonchev–Trinajstić information content (AvgIpc) is 2.99. The van der Waals surface area contributed by atoms with Gasteiger partial charge in [0.05, 0.1) is 0 Å². The molecule has 0 bridgehead atoms. The lowest BCUT2D eigenvalue weighted by molar-refractivity contribution is -0.127. The zero-order chi connectivity index (χ0) is 17.9. The molecule has 1 saturated heterocycles. The van der Waals surface area contributed by atoms with Crippen LogP contribution in [0.25, 0.3) is 0 Å². The minimum atomic E-state index is 0.0225. The molecule has 6 nitrogen and oxygen atoms in total. The van der Waals surface area contributed by atoms with Crippen molar-refractivity contribution < 1.29 is 4.79 Å². The van der Waals surface area contributed by atoms with Gasteiger partial charge in [-0.1, -0.05) is 20.8 Å². The van der Waals surface area contributed by atoms with E-state index in [1.807, 2.05) is 0 Å². The molecule has 1 heterocycles. The van der Waals surface area contributed by atoms with E-state index in [1.54, 1.807) is 19.0 Å². The maximum atomic E-state index is 11.8. The monoisotopic (exact) mass is 339 g/mol. The smallest absolute Gasteiger partial charge is 0.243 e. The topological polar surface area (TPSA) is 60.0 Å². The van der Waals surface area contributed by atoms with Crippen LogP contribution in [0.3, 0.4) is 0 Å². The van der Waals surface area contributed by atoms with Crippen molar-refractivity contribution in [2.75, 3.05) is 46.8 Å². The van der Waals surface area contributed by atoms with Crippen LogP contribution in [-0.2, 0) is 4.79 Å². The summed E-state index contributed by atoms with van der Waals surface area (Å²) in [6.07, 6.45) is 4.82. The first-order valence-corrected chi connectivity index (χ1v) is 9.40. The highest BCUT2D eigenvalue weighted by Crippen LogP contribution is 2.15. The van der Waals surface area contributed by atoms with Gasteiger partial charge in [0.25, 0.3) is 0 Å². The fraction of sp³-hybridized carbons (Fsp3) is 0.889. The van der Waals surface area contributed by atoms with E-state index >= 15 is 0 Å². The molecule has 140 valence electrons. The van der Waals surface area contributed by atoms with Gasteiger partial charge in [-0.3, -0.25) is 9.69 Å². The van der Waals surface area contributed by atoms with E-state index in [0.717, 1.165) is 32.0 Å². The van der Waals surface area contributed by atoms with Gasteiger partial charge in [-0.15, -0.1) is 0 Å². The summed E-state index contributed by atoms with van der Waals surface area (Å²) in [6, 6.07) is 0.571. The van der Waals surface area contributed by atoms with Gasteiger partial charge >= 0.3 is 0 Å². The number of likely N-dealkylation sites (tertiary alicyclic amines) is 1. The summed E-state index contributed by atoms with van der Waals surface area (Å²) >= 11 is 0. The number of carbonyl (C=O) groups excluding carboxylic acids is 1. The van der Waals surface area contributed by atoms with E-state index in [1.165, 1.54) is 25.8 Å². The number of guanidine groups is 1. The van der Waals surface area contributed by atoms with Crippen molar-refractivity contribution in [1.82, 2.24) is 20.4 Å². The van der Waals surface area contributed by atoms with Crippen LogP contribution in [0.15, 0.2) is 4.99 Å². The van der Waals surface area contributed by atoms with Gasteiger partial charge in [0.15, 0.2) is 5.96 Å². The van der Waals surface area contributed by atoms with E-state index < -0.39 is 0 Å². The molecule has 1 amide bonds. The molecule has 6 heteroatoms. The molecule has 0 aliphatic carbocycles. The van der Waals surface area contributed by atoms with E-state index in [4.69, 9.17) is 0 Å². The number of aliphatic imine (C=N–C) groups is 1. The fourth-order valence-corrected chi connectivity index (χ4v) is 2.94. The number of amides is 1. The van der Waals surface area contributed by atoms with Crippen LogP contribution in [0.1, 0.15) is 46.5 Å². The summed E-state index contributed by atoms with van der Waals surface area (Å²) in [4.78, 5) is 20.3. The molecule has 1 aliphatic rings. The van der Waals surface area contributed by atoms with Crippen molar-refractivity contribution in [3.8, 4) is 0 Å². The number of hydrogen-bond donors (Lipinski definition) is 2. The predicted molar refractivity (Wildman–Crippen MR) is 101 cm³/mol. The Hall–Kier alpha value is -1.30. The van der Waals surface area contributed by atoms with Crippen molar-refractivity contribution in [2.45, 2.75) is 52.5 Å². The maximum Gasteiger partial charge on any atom is 0.243 e. The van der Waals surface area contributed by atoms with Crippen molar-refractivity contribution >= 4 is 11.9 Å². The molecule has 1 atom stereocenters. The Kier molecular flexibility index (Phi) is 9.76. The molecule has 0 aromatic heterocycles. The van der Waals surface area contributed by atoms with Crippen LogP contribution in [0.5, 0.6) is 0 Å². The first-order valence-electron chi connectivity index (χ1n) is 9.40. The van der Waals surface area contributed by atoms with E-state index in [-0.39, 0.29) is 12.5 Å². The van der Waals surface area contributed by atoms with Crippen molar-refractivity contribution in [2.24, 2.45) is 10.9 Å². The lowest BCUT2D eigenvalue weighted by Crippen LogP contribution is -2.45. The maximum absolute atomic E-state index is 11.8. The quantitative estimate of drug-likeness (QED) is 0.380. The average molecular weight is 340 g/mol. The van der Waals surface area contributed by atoms with Crippen LogP contribution < -0.4 is 10.6 Å². The molecule has 0 aromatic carbocycles. The van der Waals surface area contributed by atoms with Gasteiger partial charge < -0.3 is 15.5 Å². The predicted octanol–water partition coefficient (Wildman–Crippen LogP) is 1.53. The molecule has 24 heavy (non-hydrogen) atoms. The fourth-order valence-electron chi connectivity index (χ4n) is 2.94. The van der Waals surface area contributed by atoms with Gasteiger partial charge in [0.1, 0.15) is 6.54 Å². The molecule has 0 aromatic rings. The Morgan fingerprint density at radius 3 is 2.71 bits per heavy atom. The number of rotatable bonds is 9. The molecule has 1 unspecified atom stereocenters. The summed E-state index contributed by atoms with van der Waals surface area (Å²) in [5, 5.41) is 6.81. The van der Waals surface area contributed by atoms with Gasteiger partial charge in [0, 0.05) is 33.2 Å². The molecular weight excluding hydrogens is 302 g/mol. The van der Waals surface area contributed by atoms with E-state index in [0.29, 0.717) is 12.0 Å². The Morgan fingerprint density at radius 2 is 2.08 bits per heavy atom. The van der Waals surface area contributed by atoms with Gasteiger partial charge in [-0.2, -0.15) is 0 Å². The van der Waals surface area contributed by atoms with Crippen LogP contribution >= 0.6 is 0 Å². The Balaban J connectivity index is 2.49. The first kappa shape index (κ1) is 20.7. The summed E-state index contributed by atoms with van der Waals surface area (Å²) in [5.41, 5.74) is 0. The lowest BCUT2D eigenvalue weighted by Gasteiger charge is -2.24. The molecule has 0 radical (unpaired) electrons.